The first kappa shape index (κ1) is 10.1. The quantitative estimate of drug-likeness (QED) is 0.784. The second-order valence-electron chi connectivity index (χ2n) is 4.06. The lowest BCUT2D eigenvalue weighted by Gasteiger charge is -2.27. The van der Waals surface area contributed by atoms with Crippen molar-refractivity contribution in [3.05, 3.63) is 21.9 Å². The summed E-state index contributed by atoms with van der Waals surface area (Å²) in [4.78, 5) is 2.72. The maximum absolute atomic E-state index is 6.27. The van der Waals surface area contributed by atoms with Gasteiger partial charge in [-0.25, -0.2) is 0 Å². The molecule has 0 aliphatic carbocycles. The van der Waals surface area contributed by atoms with E-state index in [4.69, 9.17) is 5.73 Å². The largest absolute Gasteiger partial charge is 0.323 e. The average Bonchev–Trinajstić information content (AvgIpc) is 2.65. The lowest BCUT2D eigenvalue weighted by Crippen LogP contribution is -2.33. The van der Waals surface area contributed by atoms with Gasteiger partial charge in [0.25, 0.3) is 0 Å². The third-order valence-electron chi connectivity index (χ3n) is 2.98. The number of rotatable bonds is 2. The van der Waals surface area contributed by atoms with Crippen LogP contribution in [0.25, 0.3) is 0 Å². The molecule has 0 radical (unpaired) electrons. The van der Waals surface area contributed by atoms with Gasteiger partial charge in [0.1, 0.15) is 0 Å². The monoisotopic (exact) mass is 210 g/mol. The fourth-order valence-corrected chi connectivity index (χ4v) is 3.04. The first-order valence-electron chi connectivity index (χ1n) is 5.30. The molecule has 0 unspecified atom stereocenters. The molecular weight excluding hydrogens is 192 g/mol. The SMILES string of the molecule is Cc1ccc([C@H](N)C2CCNCC2)s1. The van der Waals surface area contributed by atoms with E-state index in [-0.39, 0.29) is 6.04 Å². The normalized spacial score (nSPS) is 21.0. The molecule has 78 valence electrons. The van der Waals surface area contributed by atoms with Crippen molar-refractivity contribution in [3.63, 3.8) is 0 Å². The third kappa shape index (κ3) is 2.16. The summed E-state index contributed by atoms with van der Waals surface area (Å²) in [5.74, 6) is 0.675. The molecule has 1 aliphatic heterocycles. The Bertz CT molecular complexity index is 289. The van der Waals surface area contributed by atoms with E-state index in [1.54, 1.807) is 0 Å². The highest BCUT2D eigenvalue weighted by atomic mass is 32.1. The summed E-state index contributed by atoms with van der Waals surface area (Å²) in [6.45, 7) is 4.40. The van der Waals surface area contributed by atoms with Gasteiger partial charge < -0.3 is 11.1 Å². The lowest BCUT2D eigenvalue weighted by atomic mass is 9.90. The number of nitrogens with two attached hydrogens (primary N) is 1. The Kier molecular flexibility index (Phi) is 3.21. The van der Waals surface area contributed by atoms with Crippen LogP contribution < -0.4 is 11.1 Å². The fourth-order valence-electron chi connectivity index (χ4n) is 2.07. The second kappa shape index (κ2) is 4.43. The first-order valence-corrected chi connectivity index (χ1v) is 6.11. The zero-order valence-corrected chi connectivity index (χ0v) is 9.44. The zero-order valence-electron chi connectivity index (χ0n) is 8.62. The minimum Gasteiger partial charge on any atom is -0.323 e. The molecular formula is C11H18N2S. The van der Waals surface area contributed by atoms with Crippen LogP contribution in [0.2, 0.25) is 0 Å². The molecule has 0 aromatic carbocycles. The van der Waals surface area contributed by atoms with E-state index in [0.29, 0.717) is 5.92 Å². The molecule has 1 aromatic rings. The minimum absolute atomic E-state index is 0.260. The van der Waals surface area contributed by atoms with Crippen molar-refractivity contribution in [1.82, 2.24) is 5.32 Å². The van der Waals surface area contributed by atoms with Gasteiger partial charge in [-0.3, -0.25) is 0 Å². The summed E-state index contributed by atoms with van der Waals surface area (Å²) in [5, 5.41) is 3.37. The Morgan fingerprint density at radius 2 is 2.14 bits per heavy atom. The maximum Gasteiger partial charge on any atom is 0.0419 e. The van der Waals surface area contributed by atoms with Gasteiger partial charge in [-0.05, 0) is 50.9 Å². The Morgan fingerprint density at radius 1 is 1.43 bits per heavy atom. The molecule has 1 aliphatic rings. The molecule has 1 aromatic heterocycles. The first-order chi connectivity index (χ1) is 6.77. The van der Waals surface area contributed by atoms with Crippen LogP contribution in [0.1, 0.15) is 28.6 Å². The van der Waals surface area contributed by atoms with E-state index >= 15 is 0 Å². The molecule has 1 saturated heterocycles. The van der Waals surface area contributed by atoms with Crippen molar-refractivity contribution >= 4 is 11.3 Å². The van der Waals surface area contributed by atoms with Gasteiger partial charge in [0.2, 0.25) is 0 Å². The number of hydrogen-bond acceptors (Lipinski definition) is 3. The van der Waals surface area contributed by atoms with E-state index in [9.17, 15) is 0 Å². The van der Waals surface area contributed by atoms with E-state index in [1.165, 1.54) is 22.6 Å². The summed E-state index contributed by atoms with van der Waals surface area (Å²) in [5.41, 5.74) is 6.27. The van der Waals surface area contributed by atoms with Crippen LogP contribution in [0.5, 0.6) is 0 Å². The van der Waals surface area contributed by atoms with Gasteiger partial charge >= 0.3 is 0 Å². The molecule has 3 N–H and O–H groups in total. The molecule has 2 nitrogen and oxygen atoms in total. The van der Waals surface area contributed by atoms with Gasteiger partial charge in [-0.2, -0.15) is 0 Å². The van der Waals surface area contributed by atoms with Gasteiger partial charge in [-0.15, -0.1) is 11.3 Å². The number of aryl methyl sites for hydroxylation is 1. The van der Waals surface area contributed by atoms with Crippen molar-refractivity contribution in [2.24, 2.45) is 11.7 Å². The van der Waals surface area contributed by atoms with Gasteiger partial charge in [0.05, 0.1) is 0 Å². The molecule has 0 saturated carbocycles. The van der Waals surface area contributed by atoms with E-state index in [0.717, 1.165) is 13.1 Å². The molecule has 0 bridgehead atoms. The Hall–Kier alpha value is -0.380. The van der Waals surface area contributed by atoms with Crippen molar-refractivity contribution in [2.75, 3.05) is 13.1 Å². The fraction of sp³-hybridized carbons (Fsp3) is 0.636. The Morgan fingerprint density at radius 3 is 2.71 bits per heavy atom. The lowest BCUT2D eigenvalue weighted by molar-refractivity contribution is 0.325. The minimum atomic E-state index is 0.260. The number of nitrogens with one attached hydrogen (secondary N) is 1. The zero-order chi connectivity index (χ0) is 9.97. The molecule has 1 atom stereocenters. The van der Waals surface area contributed by atoms with Crippen molar-refractivity contribution in [1.29, 1.82) is 0 Å². The topological polar surface area (TPSA) is 38.0 Å². The second-order valence-corrected chi connectivity index (χ2v) is 5.38. The average molecular weight is 210 g/mol. The molecule has 0 spiro atoms. The molecule has 2 rings (SSSR count). The number of piperidine rings is 1. The van der Waals surface area contributed by atoms with Crippen LogP contribution in [0.4, 0.5) is 0 Å². The standard InChI is InChI=1S/C11H18N2S/c1-8-2-3-10(14-8)11(12)9-4-6-13-7-5-9/h2-3,9,11,13H,4-7,12H2,1H3/t11-/m1/s1. The predicted octanol–water partition coefficient (Wildman–Crippen LogP) is 2.06. The van der Waals surface area contributed by atoms with E-state index in [2.05, 4.69) is 24.4 Å². The summed E-state index contributed by atoms with van der Waals surface area (Å²) >= 11 is 1.84. The molecule has 0 amide bonds. The van der Waals surface area contributed by atoms with Crippen LogP contribution in [0.15, 0.2) is 12.1 Å². The van der Waals surface area contributed by atoms with E-state index < -0.39 is 0 Å². The van der Waals surface area contributed by atoms with Crippen LogP contribution in [0, 0.1) is 12.8 Å². The van der Waals surface area contributed by atoms with Crippen molar-refractivity contribution < 1.29 is 0 Å². The van der Waals surface area contributed by atoms with Crippen molar-refractivity contribution in [3.8, 4) is 0 Å². The molecule has 1 fully saturated rings. The van der Waals surface area contributed by atoms with Crippen LogP contribution in [0.3, 0.4) is 0 Å². The van der Waals surface area contributed by atoms with Crippen LogP contribution >= 0.6 is 11.3 Å². The maximum atomic E-state index is 6.27. The number of hydrogen-bond donors (Lipinski definition) is 2. The van der Waals surface area contributed by atoms with Gasteiger partial charge in [0, 0.05) is 15.8 Å². The Labute approximate surface area is 89.5 Å². The highest BCUT2D eigenvalue weighted by molar-refractivity contribution is 7.12. The third-order valence-corrected chi connectivity index (χ3v) is 4.08. The van der Waals surface area contributed by atoms with E-state index in [1.807, 2.05) is 11.3 Å². The molecule has 3 heteroatoms. The predicted molar refractivity (Wildman–Crippen MR) is 61.6 cm³/mol. The van der Waals surface area contributed by atoms with Crippen LogP contribution in [-0.4, -0.2) is 13.1 Å². The Balaban J connectivity index is 2.03. The van der Waals surface area contributed by atoms with Crippen LogP contribution in [-0.2, 0) is 0 Å². The molecule has 2 heterocycles. The summed E-state index contributed by atoms with van der Waals surface area (Å²) in [7, 11) is 0. The smallest absolute Gasteiger partial charge is 0.0419 e. The highest BCUT2D eigenvalue weighted by Gasteiger charge is 2.22. The highest BCUT2D eigenvalue weighted by Crippen LogP contribution is 2.30. The summed E-state index contributed by atoms with van der Waals surface area (Å²) in [6, 6.07) is 4.61. The van der Waals surface area contributed by atoms with Gasteiger partial charge in [0.15, 0.2) is 0 Å². The molecule has 14 heavy (non-hydrogen) atoms. The van der Waals surface area contributed by atoms with Crippen molar-refractivity contribution in [2.45, 2.75) is 25.8 Å². The number of thiophene rings is 1. The summed E-state index contributed by atoms with van der Waals surface area (Å²) < 4.78 is 0. The van der Waals surface area contributed by atoms with Gasteiger partial charge in [-0.1, -0.05) is 0 Å². The summed E-state index contributed by atoms with van der Waals surface area (Å²) in [6.07, 6.45) is 2.44.